The van der Waals surface area contributed by atoms with Crippen molar-refractivity contribution in [3.8, 4) is 0 Å². The molecule has 0 bridgehead atoms. The summed E-state index contributed by atoms with van der Waals surface area (Å²) in [5.41, 5.74) is -2.35. The molecule has 0 fully saturated rings. The minimum Gasteiger partial charge on any atom is -0.466 e. The minimum atomic E-state index is -2.35. The number of allylic oxidation sites excluding steroid dienone is 1. The molecule has 0 spiro atoms. The van der Waals surface area contributed by atoms with E-state index in [-0.39, 0.29) is 19.2 Å². The Labute approximate surface area is 206 Å². The molecule has 0 amide bonds. The summed E-state index contributed by atoms with van der Waals surface area (Å²) >= 11 is 0. The van der Waals surface area contributed by atoms with E-state index in [0.29, 0.717) is 19.4 Å². The lowest BCUT2D eigenvalue weighted by atomic mass is 9.82. The van der Waals surface area contributed by atoms with E-state index in [4.69, 9.17) is 14.2 Å². The summed E-state index contributed by atoms with van der Waals surface area (Å²) < 4.78 is 15.1. The number of hydrogen-bond donors (Lipinski definition) is 1. The third-order valence-electron chi connectivity index (χ3n) is 5.75. The summed E-state index contributed by atoms with van der Waals surface area (Å²) in [5.74, 6) is -2.81. The van der Waals surface area contributed by atoms with Crippen molar-refractivity contribution >= 4 is 17.9 Å². The molecule has 1 atom stereocenters. The zero-order valence-corrected chi connectivity index (χ0v) is 21.9. The van der Waals surface area contributed by atoms with Crippen LogP contribution in [0, 0.1) is 5.92 Å². The monoisotopic (exact) mass is 484 g/mol. The third kappa shape index (κ3) is 13.1. The van der Waals surface area contributed by atoms with Gasteiger partial charge in [0.15, 0.2) is 0 Å². The first kappa shape index (κ1) is 32.1. The Balaban J connectivity index is 5.05. The predicted molar refractivity (Wildman–Crippen MR) is 133 cm³/mol. The Morgan fingerprint density at radius 3 is 1.85 bits per heavy atom. The highest BCUT2D eigenvalue weighted by Crippen LogP contribution is 2.29. The molecule has 0 saturated carbocycles. The van der Waals surface area contributed by atoms with Crippen molar-refractivity contribution in [3.63, 3.8) is 0 Å². The zero-order valence-electron chi connectivity index (χ0n) is 21.9. The standard InChI is InChI=1S/C27H48O7/c1-5-9-10-11-12-14-17-20-23(21-18-15-13-16-19-22-24(28)32-6-2)27(31,25(29)33-7-3)26(30)34-8-4/h17,20,23,31H,5-16,18-19,21-22H2,1-4H3/b20-17+. The van der Waals surface area contributed by atoms with E-state index in [2.05, 4.69) is 6.92 Å². The molecule has 1 unspecified atom stereocenters. The lowest BCUT2D eigenvalue weighted by Gasteiger charge is -2.30. The topological polar surface area (TPSA) is 99.1 Å². The second kappa shape index (κ2) is 20.5. The van der Waals surface area contributed by atoms with Crippen molar-refractivity contribution in [3.05, 3.63) is 12.2 Å². The summed E-state index contributed by atoms with van der Waals surface area (Å²) in [6.07, 6.45) is 15.4. The molecule has 0 heterocycles. The molecule has 0 aliphatic rings. The van der Waals surface area contributed by atoms with Gasteiger partial charge in [0.05, 0.1) is 19.8 Å². The van der Waals surface area contributed by atoms with Crippen LogP contribution in [0.1, 0.15) is 111 Å². The zero-order chi connectivity index (χ0) is 25.7. The van der Waals surface area contributed by atoms with Crippen LogP contribution in [-0.2, 0) is 28.6 Å². The number of esters is 3. The summed E-state index contributed by atoms with van der Waals surface area (Å²) in [6.45, 7) is 7.78. The smallest absolute Gasteiger partial charge is 0.350 e. The van der Waals surface area contributed by atoms with Gasteiger partial charge in [0, 0.05) is 12.3 Å². The second-order valence-corrected chi connectivity index (χ2v) is 8.56. The molecule has 0 saturated heterocycles. The number of unbranched alkanes of at least 4 members (excludes halogenated alkanes) is 9. The number of carbonyl (C=O) groups is 3. The highest BCUT2D eigenvalue weighted by Gasteiger charge is 2.52. The lowest BCUT2D eigenvalue weighted by Crippen LogP contribution is -2.54. The molecule has 0 aromatic carbocycles. The van der Waals surface area contributed by atoms with Crippen molar-refractivity contribution in [2.75, 3.05) is 19.8 Å². The molecule has 7 heteroatoms. The Kier molecular flexibility index (Phi) is 19.3. The summed E-state index contributed by atoms with van der Waals surface area (Å²) in [7, 11) is 0. The first-order chi connectivity index (χ1) is 16.4. The van der Waals surface area contributed by atoms with Crippen LogP contribution in [0.3, 0.4) is 0 Å². The van der Waals surface area contributed by atoms with Gasteiger partial charge in [-0.2, -0.15) is 0 Å². The molecular weight excluding hydrogens is 436 g/mol. The number of aliphatic hydroxyl groups is 1. The van der Waals surface area contributed by atoms with Gasteiger partial charge in [-0.15, -0.1) is 0 Å². The van der Waals surface area contributed by atoms with Crippen LogP contribution in [-0.4, -0.2) is 48.4 Å². The van der Waals surface area contributed by atoms with Crippen LogP contribution in [0.2, 0.25) is 0 Å². The largest absolute Gasteiger partial charge is 0.466 e. The molecule has 0 aliphatic heterocycles. The number of carbonyl (C=O) groups excluding carboxylic acids is 3. The van der Waals surface area contributed by atoms with Gasteiger partial charge in [-0.1, -0.05) is 70.4 Å². The van der Waals surface area contributed by atoms with Crippen molar-refractivity contribution in [1.29, 1.82) is 0 Å². The molecule has 0 aromatic rings. The van der Waals surface area contributed by atoms with Gasteiger partial charge in [0.2, 0.25) is 0 Å². The van der Waals surface area contributed by atoms with E-state index in [1.54, 1.807) is 26.8 Å². The van der Waals surface area contributed by atoms with E-state index in [1.807, 2.05) is 6.08 Å². The van der Waals surface area contributed by atoms with E-state index < -0.39 is 23.5 Å². The van der Waals surface area contributed by atoms with Crippen molar-refractivity contribution in [1.82, 2.24) is 0 Å². The molecule has 0 rings (SSSR count). The van der Waals surface area contributed by atoms with Crippen LogP contribution in [0.5, 0.6) is 0 Å². The average Bonchev–Trinajstić information content (AvgIpc) is 2.81. The molecule has 1 N–H and O–H groups in total. The van der Waals surface area contributed by atoms with Crippen LogP contribution < -0.4 is 0 Å². The highest BCUT2D eigenvalue weighted by molar-refractivity contribution is 6.04. The van der Waals surface area contributed by atoms with Gasteiger partial charge in [-0.3, -0.25) is 4.79 Å². The van der Waals surface area contributed by atoms with Gasteiger partial charge in [0.1, 0.15) is 0 Å². The highest BCUT2D eigenvalue weighted by atomic mass is 16.6. The van der Waals surface area contributed by atoms with E-state index >= 15 is 0 Å². The molecule has 0 aromatic heterocycles. The summed E-state index contributed by atoms with van der Waals surface area (Å²) in [6, 6.07) is 0. The SMILES string of the molecule is CCCCCCC/C=C/C(CCCCCCCC(=O)OCC)C(O)(C(=O)OCC)C(=O)OCC. The second-order valence-electron chi connectivity index (χ2n) is 8.56. The molecule has 0 aliphatic carbocycles. The van der Waals surface area contributed by atoms with Crippen LogP contribution >= 0.6 is 0 Å². The fourth-order valence-electron chi connectivity index (χ4n) is 3.84. The third-order valence-corrected chi connectivity index (χ3v) is 5.75. The Morgan fingerprint density at radius 2 is 1.26 bits per heavy atom. The first-order valence-electron chi connectivity index (χ1n) is 13.3. The van der Waals surface area contributed by atoms with E-state index in [1.165, 1.54) is 19.3 Å². The van der Waals surface area contributed by atoms with E-state index in [9.17, 15) is 19.5 Å². The summed E-state index contributed by atoms with van der Waals surface area (Å²) in [5, 5.41) is 11.2. The van der Waals surface area contributed by atoms with Gasteiger partial charge in [0.25, 0.3) is 5.60 Å². The lowest BCUT2D eigenvalue weighted by molar-refractivity contribution is -0.188. The predicted octanol–water partition coefficient (Wildman–Crippen LogP) is 5.67. The Hall–Kier alpha value is -1.89. The van der Waals surface area contributed by atoms with Crippen molar-refractivity contribution in [2.24, 2.45) is 5.92 Å². The first-order valence-corrected chi connectivity index (χ1v) is 13.3. The van der Waals surface area contributed by atoms with Crippen LogP contribution in [0.25, 0.3) is 0 Å². The van der Waals surface area contributed by atoms with Crippen molar-refractivity contribution < 1.29 is 33.7 Å². The molecule has 198 valence electrons. The fraction of sp³-hybridized carbons (Fsp3) is 0.815. The Bertz CT molecular complexity index is 568. The molecule has 0 radical (unpaired) electrons. The number of ether oxygens (including phenoxy) is 3. The molecule has 7 nitrogen and oxygen atoms in total. The average molecular weight is 485 g/mol. The summed E-state index contributed by atoms with van der Waals surface area (Å²) in [4.78, 5) is 36.8. The van der Waals surface area contributed by atoms with Gasteiger partial charge in [-0.05, 0) is 46.5 Å². The van der Waals surface area contributed by atoms with Gasteiger partial charge >= 0.3 is 17.9 Å². The quantitative estimate of drug-likeness (QED) is 0.0736. The Morgan fingerprint density at radius 1 is 0.735 bits per heavy atom. The minimum absolute atomic E-state index is 0.0644. The van der Waals surface area contributed by atoms with Gasteiger partial charge < -0.3 is 19.3 Å². The maximum atomic E-state index is 12.7. The number of rotatable bonds is 21. The maximum absolute atomic E-state index is 12.7. The van der Waals surface area contributed by atoms with E-state index in [0.717, 1.165) is 51.4 Å². The van der Waals surface area contributed by atoms with Crippen LogP contribution in [0.4, 0.5) is 0 Å². The molecular formula is C27H48O7. The van der Waals surface area contributed by atoms with Crippen LogP contribution in [0.15, 0.2) is 12.2 Å². The maximum Gasteiger partial charge on any atom is 0.350 e. The van der Waals surface area contributed by atoms with Gasteiger partial charge in [-0.25, -0.2) is 9.59 Å². The normalized spacial score (nSPS) is 12.5. The molecule has 34 heavy (non-hydrogen) atoms. The van der Waals surface area contributed by atoms with Crippen molar-refractivity contribution in [2.45, 2.75) is 117 Å². The number of hydrogen-bond acceptors (Lipinski definition) is 7. The fourth-order valence-corrected chi connectivity index (χ4v) is 3.84.